The van der Waals surface area contributed by atoms with Crippen molar-refractivity contribution in [2.24, 2.45) is 5.41 Å². The van der Waals surface area contributed by atoms with Crippen LogP contribution in [0.4, 0.5) is 0 Å². The van der Waals surface area contributed by atoms with Crippen molar-refractivity contribution in [1.29, 1.82) is 0 Å². The summed E-state index contributed by atoms with van der Waals surface area (Å²) in [7, 11) is -3.46. The molecule has 19 heavy (non-hydrogen) atoms. The van der Waals surface area contributed by atoms with Gasteiger partial charge in [0.25, 0.3) is 0 Å². The first-order valence-corrected chi connectivity index (χ1v) is 7.88. The van der Waals surface area contributed by atoms with Crippen molar-refractivity contribution in [3.63, 3.8) is 0 Å². The highest BCUT2D eigenvalue weighted by atomic mass is 32.2. The third-order valence-corrected chi connectivity index (χ3v) is 4.32. The van der Waals surface area contributed by atoms with Crippen LogP contribution < -0.4 is 4.72 Å². The van der Waals surface area contributed by atoms with Gasteiger partial charge >= 0.3 is 0 Å². The maximum Gasteiger partial charge on any atom is 0.240 e. The van der Waals surface area contributed by atoms with Gasteiger partial charge in [0.15, 0.2) is 0 Å². The van der Waals surface area contributed by atoms with E-state index in [1.807, 2.05) is 0 Å². The first-order valence-electron chi connectivity index (χ1n) is 6.39. The fraction of sp³-hybridized carbons (Fsp3) is 0.571. The average Bonchev–Trinajstić information content (AvgIpc) is 2.27. The second kappa shape index (κ2) is 6.03. The molecule has 1 rings (SSSR count). The van der Waals surface area contributed by atoms with Gasteiger partial charge in [0.2, 0.25) is 10.0 Å². The Labute approximate surface area is 115 Å². The van der Waals surface area contributed by atoms with Crippen LogP contribution in [0.2, 0.25) is 0 Å². The van der Waals surface area contributed by atoms with Gasteiger partial charge < -0.3 is 5.11 Å². The summed E-state index contributed by atoms with van der Waals surface area (Å²) in [5, 5.41) is 9.38. The van der Waals surface area contributed by atoms with Crippen molar-refractivity contribution in [3.8, 4) is 0 Å². The molecular formula is C14H23NO3S. The zero-order valence-electron chi connectivity index (χ0n) is 12.0. The smallest absolute Gasteiger partial charge is 0.240 e. The predicted molar refractivity (Wildman–Crippen MR) is 76.3 cm³/mol. The molecule has 2 N–H and O–H groups in total. The van der Waals surface area contributed by atoms with Gasteiger partial charge in [0.05, 0.1) is 11.0 Å². The fourth-order valence-electron chi connectivity index (χ4n) is 1.57. The Kier molecular flexibility index (Phi) is 5.12. The monoisotopic (exact) mass is 285 g/mol. The molecule has 1 atom stereocenters. The standard InChI is InChI=1S/C14H23NO3S/c1-11(16)12-5-7-13(8-6-12)19(17,18)15-10-9-14(2,3)4/h5-8,11,15-16H,9-10H2,1-4H3. The lowest BCUT2D eigenvalue weighted by molar-refractivity contribution is 0.199. The molecule has 0 aliphatic rings. The first-order chi connectivity index (χ1) is 8.62. The minimum atomic E-state index is -3.46. The van der Waals surface area contributed by atoms with Crippen LogP contribution in [0, 0.1) is 5.41 Å². The van der Waals surface area contributed by atoms with E-state index in [9.17, 15) is 13.5 Å². The molecule has 0 bridgehead atoms. The van der Waals surface area contributed by atoms with E-state index >= 15 is 0 Å². The summed E-state index contributed by atoms with van der Waals surface area (Å²) in [6, 6.07) is 6.29. The molecular weight excluding hydrogens is 262 g/mol. The van der Waals surface area contributed by atoms with Crippen molar-refractivity contribution < 1.29 is 13.5 Å². The SMILES string of the molecule is CC(O)c1ccc(S(=O)(=O)NCCC(C)(C)C)cc1. The third-order valence-electron chi connectivity index (χ3n) is 2.84. The molecule has 0 saturated carbocycles. The highest BCUT2D eigenvalue weighted by Gasteiger charge is 2.16. The van der Waals surface area contributed by atoms with E-state index in [1.165, 1.54) is 12.1 Å². The number of nitrogens with one attached hydrogen (secondary N) is 1. The summed E-state index contributed by atoms with van der Waals surface area (Å²) in [5.74, 6) is 0. The van der Waals surface area contributed by atoms with Crippen LogP contribution in [-0.2, 0) is 10.0 Å². The molecule has 0 radical (unpaired) electrons. The van der Waals surface area contributed by atoms with Gasteiger partial charge in [-0.25, -0.2) is 13.1 Å². The summed E-state index contributed by atoms with van der Waals surface area (Å²) in [6.07, 6.45) is 0.184. The van der Waals surface area contributed by atoms with E-state index in [4.69, 9.17) is 0 Å². The zero-order chi connectivity index (χ0) is 14.7. The number of benzene rings is 1. The molecule has 0 amide bonds. The summed E-state index contributed by atoms with van der Waals surface area (Å²) >= 11 is 0. The first kappa shape index (κ1) is 16.1. The number of hydrogen-bond donors (Lipinski definition) is 2. The van der Waals surface area contributed by atoms with Crippen LogP contribution in [0.3, 0.4) is 0 Å². The van der Waals surface area contributed by atoms with Gasteiger partial charge in [0, 0.05) is 6.54 Å². The van der Waals surface area contributed by atoms with E-state index in [-0.39, 0.29) is 10.3 Å². The van der Waals surface area contributed by atoms with E-state index in [0.717, 1.165) is 6.42 Å². The number of aliphatic hydroxyl groups is 1. The third kappa shape index (κ3) is 5.30. The molecule has 0 aliphatic carbocycles. The van der Waals surface area contributed by atoms with Gasteiger partial charge in [-0.1, -0.05) is 32.9 Å². The number of hydrogen-bond acceptors (Lipinski definition) is 3. The molecule has 0 aliphatic heterocycles. The van der Waals surface area contributed by atoms with Crippen LogP contribution in [-0.4, -0.2) is 20.1 Å². The van der Waals surface area contributed by atoms with Gasteiger partial charge in [-0.15, -0.1) is 0 Å². The van der Waals surface area contributed by atoms with E-state index < -0.39 is 16.1 Å². The Morgan fingerprint density at radius 2 is 1.74 bits per heavy atom. The van der Waals surface area contributed by atoms with Crippen molar-refractivity contribution in [2.75, 3.05) is 6.54 Å². The minimum Gasteiger partial charge on any atom is -0.389 e. The Morgan fingerprint density at radius 3 is 2.16 bits per heavy atom. The Bertz CT molecular complexity index is 498. The molecule has 0 fully saturated rings. The van der Waals surface area contributed by atoms with Gasteiger partial charge in [-0.3, -0.25) is 0 Å². The molecule has 1 aromatic rings. The highest BCUT2D eigenvalue weighted by Crippen LogP contribution is 2.19. The summed E-state index contributed by atoms with van der Waals surface area (Å²) < 4.78 is 26.6. The predicted octanol–water partition coefficient (Wildman–Crippen LogP) is 2.45. The number of sulfonamides is 1. The molecule has 108 valence electrons. The molecule has 4 nitrogen and oxygen atoms in total. The number of rotatable bonds is 5. The van der Waals surface area contributed by atoms with Crippen LogP contribution in [0.5, 0.6) is 0 Å². The van der Waals surface area contributed by atoms with Crippen LogP contribution >= 0.6 is 0 Å². The Balaban J connectivity index is 2.72. The van der Waals surface area contributed by atoms with Crippen molar-refractivity contribution in [3.05, 3.63) is 29.8 Å². The maximum atomic E-state index is 12.0. The van der Waals surface area contributed by atoms with Gasteiger partial charge in [-0.05, 0) is 36.5 Å². The number of aliphatic hydroxyl groups excluding tert-OH is 1. The van der Waals surface area contributed by atoms with E-state index in [1.54, 1.807) is 19.1 Å². The van der Waals surface area contributed by atoms with Gasteiger partial charge in [-0.2, -0.15) is 0 Å². The van der Waals surface area contributed by atoms with Crippen LogP contribution in [0.25, 0.3) is 0 Å². The molecule has 0 spiro atoms. The molecule has 1 aromatic carbocycles. The zero-order valence-corrected chi connectivity index (χ0v) is 12.8. The molecule has 5 heteroatoms. The van der Waals surface area contributed by atoms with Gasteiger partial charge in [0.1, 0.15) is 0 Å². The lowest BCUT2D eigenvalue weighted by Gasteiger charge is -2.18. The Morgan fingerprint density at radius 1 is 1.21 bits per heavy atom. The van der Waals surface area contributed by atoms with Crippen LogP contribution in [0.15, 0.2) is 29.2 Å². The summed E-state index contributed by atoms with van der Waals surface area (Å²) in [5.41, 5.74) is 0.798. The van der Waals surface area contributed by atoms with E-state index in [0.29, 0.717) is 12.1 Å². The summed E-state index contributed by atoms with van der Waals surface area (Å²) in [6.45, 7) is 8.27. The molecule has 0 aromatic heterocycles. The van der Waals surface area contributed by atoms with E-state index in [2.05, 4.69) is 25.5 Å². The minimum absolute atomic E-state index is 0.0959. The lowest BCUT2D eigenvalue weighted by Crippen LogP contribution is -2.27. The van der Waals surface area contributed by atoms with Crippen molar-refractivity contribution >= 4 is 10.0 Å². The molecule has 0 heterocycles. The second-order valence-corrected chi connectivity index (χ2v) is 7.72. The molecule has 1 unspecified atom stereocenters. The largest absolute Gasteiger partial charge is 0.389 e. The quantitative estimate of drug-likeness (QED) is 0.873. The topological polar surface area (TPSA) is 66.4 Å². The second-order valence-electron chi connectivity index (χ2n) is 5.95. The maximum absolute atomic E-state index is 12.0. The average molecular weight is 285 g/mol. The lowest BCUT2D eigenvalue weighted by atomic mass is 9.93. The van der Waals surface area contributed by atoms with Crippen molar-refractivity contribution in [1.82, 2.24) is 4.72 Å². The fourth-order valence-corrected chi connectivity index (χ4v) is 2.60. The van der Waals surface area contributed by atoms with Crippen LogP contribution in [0.1, 0.15) is 45.8 Å². The highest BCUT2D eigenvalue weighted by molar-refractivity contribution is 7.89. The summed E-state index contributed by atoms with van der Waals surface area (Å²) in [4.78, 5) is 0.228. The van der Waals surface area contributed by atoms with Crippen molar-refractivity contribution in [2.45, 2.75) is 45.1 Å². The Hall–Kier alpha value is -0.910. The normalized spacial score (nSPS) is 14.4. The molecule has 0 saturated heterocycles.